The van der Waals surface area contributed by atoms with Crippen LogP contribution in [0.1, 0.15) is 11.1 Å². The molecule has 0 atom stereocenters. The SMILES string of the molecule is Cc1ccc(-c2cccc(-c3cccc(-c4cc(C)ccc4O)n3)n2)c(O)c1.[Cl-].[Cl-].[Cl-].[Mn+3]. The number of hydrogen-bond donors (Lipinski definition) is 2. The molecule has 0 spiro atoms. The molecule has 0 saturated heterocycles. The van der Waals surface area contributed by atoms with Crippen molar-refractivity contribution in [3.8, 4) is 45.4 Å². The quantitative estimate of drug-likeness (QED) is 0.271. The van der Waals surface area contributed by atoms with E-state index in [1.807, 2.05) is 74.5 Å². The van der Waals surface area contributed by atoms with E-state index in [1.54, 1.807) is 12.1 Å². The van der Waals surface area contributed by atoms with Gasteiger partial charge in [0, 0.05) is 11.1 Å². The van der Waals surface area contributed by atoms with E-state index in [0.717, 1.165) is 11.1 Å². The average molecular weight is 530 g/mol. The van der Waals surface area contributed by atoms with Gasteiger partial charge >= 0.3 is 17.1 Å². The summed E-state index contributed by atoms with van der Waals surface area (Å²) in [6.07, 6.45) is 0. The number of phenols is 2. The van der Waals surface area contributed by atoms with Crippen LogP contribution < -0.4 is 37.2 Å². The molecule has 0 aliphatic carbocycles. The molecule has 0 fully saturated rings. The first kappa shape index (κ1) is 29.7. The molecule has 4 nitrogen and oxygen atoms in total. The van der Waals surface area contributed by atoms with Gasteiger partial charge in [0.1, 0.15) is 11.5 Å². The van der Waals surface area contributed by atoms with Crippen LogP contribution in [0, 0.1) is 13.8 Å². The van der Waals surface area contributed by atoms with Gasteiger partial charge < -0.3 is 47.4 Å². The molecule has 166 valence electrons. The molecule has 0 amide bonds. The minimum absolute atomic E-state index is 0. The Hall–Kier alpha value is -2.27. The van der Waals surface area contributed by atoms with Gasteiger partial charge in [0.15, 0.2) is 0 Å². The van der Waals surface area contributed by atoms with E-state index < -0.39 is 0 Å². The normalized spacial score (nSPS) is 9.44. The van der Waals surface area contributed by atoms with E-state index in [0.29, 0.717) is 33.9 Å². The van der Waals surface area contributed by atoms with Gasteiger partial charge in [-0.3, -0.25) is 0 Å². The third kappa shape index (κ3) is 6.38. The summed E-state index contributed by atoms with van der Waals surface area (Å²) < 4.78 is 0. The van der Waals surface area contributed by atoms with Crippen LogP contribution in [0.25, 0.3) is 33.9 Å². The molecule has 0 unspecified atom stereocenters. The maximum Gasteiger partial charge on any atom is 3.00 e. The molecular formula is C24H20Cl3MnN2O2. The third-order valence-corrected chi connectivity index (χ3v) is 4.62. The molecule has 4 rings (SSSR count). The molecular weight excluding hydrogens is 510 g/mol. The zero-order valence-electron chi connectivity index (χ0n) is 17.2. The molecule has 2 aromatic heterocycles. The molecule has 2 aromatic carbocycles. The summed E-state index contributed by atoms with van der Waals surface area (Å²) in [4.78, 5) is 9.40. The summed E-state index contributed by atoms with van der Waals surface area (Å²) in [6.45, 7) is 3.91. The van der Waals surface area contributed by atoms with Crippen molar-refractivity contribution in [1.29, 1.82) is 0 Å². The Labute approximate surface area is 216 Å². The molecule has 4 aromatic rings. The Kier molecular flexibility index (Phi) is 11.8. The van der Waals surface area contributed by atoms with Gasteiger partial charge in [0.2, 0.25) is 0 Å². The van der Waals surface area contributed by atoms with Crippen molar-refractivity contribution in [1.82, 2.24) is 9.97 Å². The Morgan fingerprint density at radius 3 is 1.56 bits per heavy atom. The van der Waals surface area contributed by atoms with E-state index in [9.17, 15) is 10.2 Å². The summed E-state index contributed by atoms with van der Waals surface area (Å²) in [5.74, 6) is 0.401. The summed E-state index contributed by atoms with van der Waals surface area (Å²) in [6, 6.07) is 22.3. The number of rotatable bonds is 3. The average Bonchev–Trinajstić information content (AvgIpc) is 2.70. The van der Waals surface area contributed by atoms with E-state index in [2.05, 4.69) is 0 Å². The van der Waals surface area contributed by atoms with Gasteiger partial charge in [0.25, 0.3) is 0 Å². The second kappa shape index (κ2) is 12.7. The number of aryl methyl sites for hydroxylation is 2. The molecule has 2 heterocycles. The maximum absolute atomic E-state index is 10.3. The van der Waals surface area contributed by atoms with Crippen molar-refractivity contribution >= 4 is 0 Å². The summed E-state index contributed by atoms with van der Waals surface area (Å²) >= 11 is 0. The molecule has 0 aliphatic heterocycles. The third-order valence-electron chi connectivity index (χ3n) is 4.62. The fourth-order valence-electron chi connectivity index (χ4n) is 3.17. The van der Waals surface area contributed by atoms with Gasteiger partial charge in [-0.1, -0.05) is 29.8 Å². The topological polar surface area (TPSA) is 66.2 Å². The van der Waals surface area contributed by atoms with Crippen LogP contribution in [-0.4, -0.2) is 20.2 Å². The standard InChI is InChI=1S/C24H20N2O2.3ClH.Mn/c1-15-10-12-23(27)18(13-15)20-6-4-8-22(26-20)21-7-3-5-19(25-21)17-11-9-16(2)14-24(17)28;;;;/h3-14,27-28H,1-2H3;3*1H;/q;;;;+3/p-3. The Balaban J connectivity index is 0.00000240. The van der Waals surface area contributed by atoms with E-state index in [-0.39, 0.29) is 65.8 Å². The molecule has 0 aliphatic rings. The van der Waals surface area contributed by atoms with E-state index in [4.69, 9.17) is 9.97 Å². The Morgan fingerprint density at radius 2 is 1.00 bits per heavy atom. The number of phenolic OH excluding ortho intramolecular Hbond substituents is 2. The Morgan fingerprint density at radius 1 is 0.531 bits per heavy atom. The van der Waals surface area contributed by atoms with Crippen molar-refractivity contribution in [2.24, 2.45) is 0 Å². The molecule has 8 heteroatoms. The van der Waals surface area contributed by atoms with Crippen LogP contribution >= 0.6 is 0 Å². The smallest absolute Gasteiger partial charge is 1.00 e. The number of halogens is 3. The minimum Gasteiger partial charge on any atom is -1.00 e. The zero-order valence-corrected chi connectivity index (χ0v) is 20.7. The van der Waals surface area contributed by atoms with Crippen LogP contribution in [0.15, 0.2) is 72.8 Å². The number of nitrogens with zero attached hydrogens (tertiary/aromatic N) is 2. The van der Waals surface area contributed by atoms with Crippen LogP contribution in [-0.2, 0) is 17.1 Å². The molecule has 0 radical (unpaired) electrons. The number of pyridine rings is 2. The fraction of sp³-hybridized carbons (Fsp3) is 0.0833. The van der Waals surface area contributed by atoms with Crippen LogP contribution in [0.5, 0.6) is 11.5 Å². The van der Waals surface area contributed by atoms with E-state index in [1.165, 1.54) is 0 Å². The first-order chi connectivity index (χ1) is 13.5. The van der Waals surface area contributed by atoms with Gasteiger partial charge in [-0.05, 0) is 67.9 Å². The van der Waals surface area contributed by atoms with Crippen molar-refractivity contribution in [3.05, 3.63) is 83.9 Å². The molecule has 32 heavy (non-hydrogen) atoms. The number of aromatic nitrogens is 2. The van der Waals surface area contributed by atoms with Gasteiger partial charge in [0.05, 0.1) is 22.8 Å². The molecule has 2 N–H and O–H groups in total. The van der Waals surface area contributed by atoms with Crippen LogP contribution in [0.3, 0.4) is 0 Å². The van der Waals surface area contributed by atoms with Crippen LogP contribution in [0.2, 0.25) is 0 Å². The monoisotopic (exact) mass is 528 g/mol. The van der Waals surface area contributed by atoms with Crippen molar-refractivity contribution < 1.29 is 64.5 Å². The van der Waals surface area contributed by atoms with E-state index >= 15 is 0 Å². The van der Waals surface area contributed by atoms with Gasteiger partial charge in [-0.2, -0.15) is 0 Å². The Bertz CT molecular complexity index is 1190. The summed E-state index contributed by atoms with van der Waals surface area (Å²) in [5, 5.41) is 20.5. The van der Waals surface area contributed by atoms with Crippen LogP contribution in [0.4, 0.5) is 0 Å². The predicted molar refractivity (Wildman–Crippen MR) is 111 cm³/mol. The number of aromatic hydroxyl groups is 2. The van der Waals surface area contributed by atoms with Crippen molar-refractivity contribution in [2.45, 2.75) is 13.8 Å². The second-order valence-electron chi connectivity index (χ2n) is 6.86. The molecule has 0 bridgehead atoms. The first-order valence-corrected chi connectivity index (χ1v) is 9.06. The predicted octanol–water partition coefficient (Wildman–Crippen LogP) is -3.48. The van der Waals surface area contributed by atoms with Crippen molar-refractivity contribution in [2.75, 3.05) is 0 Å². The van der Waals surface area contributed by atoms with Gasteiger partial charge in [-0.15, -0.1) is 0 Å². The first-order valence-electron chi connectivity index (χ1n) is 9.06. The van der Waals surface area contributed by atoms with Gasteiger partial charge in [-0.25, -0.2) is 9.97 Å². The summed E-state index contributed by atoms with van der Waals surface area (Å²) in [5.41, 5.74) is 6.18. The molecule has 0 saturated carbocycles. The summed E-state index contributed by atoms with van der Waals surface area (Å²) in [7, 11) is 0. The minimum atomic E-state index is 0. The fourth-order valence-corrected chi connectivity index (χ4v) is 3.17. The van der Waals surface area contributed by atoms with Crippen molar-refractivity contribution in [3.63, 3.8) is 0 Å². The number of hydrogen-bond acceptors (Lipinski definition) is 4. The maximum atomic E-state index is 10.3. The second-order valence-corrected chi connectivity index (χ2v) is 6.86. The number of benzene rings is 2. The largest absolute Gasteiger partial charge is 3.00 e. The zero-order chi connectivity index (χ0) is 19.7.